The fraction of sp³-hybridized carbons (Fsp3) is 0.545. The molecule has 1 aliphatic heterocycles. The SMILES string of the molecule is C=C(CC)C(=O)OCC1(C)CC(=O)OC1=O. The lowest BCUT2D eigenvalue weighted by molar-refractivity contribution is -0.157. The molecular weight excluding hydrogens is 212 g/mol. The molecule has 0 N–H and O–H groups in total. The second-order valence-electron chi connectivity index (χ2n) is 4.03. The maximum atomic E-state index is 11.3. The van der Waals surface area contributed by atoms with Crippen molar-refractivity contribution in [1.82, 2.24) is 0 Å². The van der Waals surface area contributed by atoms with Crippen LogP contribution >= 0.6 is 0 Å². The number of hydrogen-bond donors (Lipinski definition) is 0. The van der Waals surface area contributed by atoms with Crippen molar-refractivity contribution in [2.75, 3.05) is 6.61 Å². The van der Waals surface area contributed by atoms with Crippen LogP contribution in [0.25, 0.3) is 0 Å². The van der Waals surface area contributed by atoms with Gasteiger partial charge in [-0.1, -0.05) is 13.5 Å². The van der Waals surface area contributed by atoms with Crippen molar-refractivity contribution in [2.24, 2.45) is 5.41 Å². The molecule has 0 bridgehead atoms. The van der Waals surface area contributed by atoms with Gasteiger partial charge in [0.15, 0.2) is 0 Å². The first-order chi connectivity index (χ1) is 7.39. The number of rotatable bonds is 4. The van der Waals surface area contributed by atoms with Gasteiger partial charge in [-0.05, 0) is 13.3 Å². The lowest BCUT2D eigenvalue weighted by atomic mass is 9.90. The molecule has 0 aromatic heterocycles. The molecule has 0 aliphatic carbocycles. The molecule has 5 heteroatoms. The molecular formula is C11H14O5. The van der Waals surface area contributed by atoms with E-state index in [0.29, 0.717) is 12.0 Å². The highest BCUT2D eigenvalue weighted by Crippen LogP contribution is 2.30. The van der Waals surface area contributed by atoms with Crippen molar-refractivity contribution in [2.45, 2.75) is 26.7 Å². The Balaban J connectivity index is 2.55. The summed E-state index contributed by atoms with van der Waals surface area (Å²) in [5.74, 6) is -1.78. The van der Waals surface area contributed by atoms with Crippen LogP contribution < -0.4 is 0 Å². The molecule has 1 unspecified atom stereocenters. The van der Waals surface area contributed by atoms with Gasteiger partial charge in [0.25, 0.3) is 0 Å². The molecule has 0 amide bonds. The molecule has 1 saturated heterocycles. The molecule has 0 aromatic carbocycles. The van der Waals surface area contributed by atoms with Crippen LogP contribution in [-0.2, 0) is 23.9 Å². The second-order valence-corrected chi connectivity index (χ2v) is 4.03. The summed E-state index contributed by atoms with van der Waals surface area (Å²) in [4.78, 5) is 33.5. The van der Waals surface area contributed by atoms with E-state index in [0.717, 1.165) is 0 Å². The van der Waals surface area contributed by atoms with Crippen LogP contribution in [0.4, 0.5) is 0 Å². The Hall–Kier alpha value is -1.65. The first kappa shape index (κ1) is 12.4. The fourth-order valence-electron chi connectivity index (χ4n) is 1.23. The van der Waals surface area contributed by atoms with Gasteiger partial charge in [0.2, 0.25) is 0 Å². The maximum absolute atomic E-state index is 11.3. The average Bonchev–Trinajstić information content (AvgIpc) is 2.48. The third-order valence-electron chi connectivity index (χ3n) is 2.47. The molecule has 5 nitrogen and oxygen atoms in total. The number of carbonyl (C=O) groups excluding carboxylic acids is 3. The van der Waals surface area contributed by atoms with Gasteiger partial charge in [0.1, 0.15) is 12.0 Å². The van der Waals surface area contributed by atoms with Gasteiger partial charge in [-0.25, -0.2) is 4.79 Å². The summed E-state index contributed by atoms with van der Waals surface area (Å²) in [5.41, 5.74) is -0.720. The van der Waals surface area contributed by atoms with Crippen LogP contribution in [0.1, 0.15) is 26.7 Å². The highest BCUT2D eigenvalue weighted by molar-refractivity contribution is 5.97. The van der Waals surface area contributed by atoms with E-state index in [2.05, 4.69) is 11.3 Å². The minimum atomic E-state index is -1.05. The molecule has 0 spiro atoms. The average molecular weight is 226 g/mol. The van der Waals surface area contributed by atoms with Crippen molar-refractivity contribution in [1.29, 1.82) is 0 Å². The van der Waals surface area contributed by atoms with Gasteiger partial charge < -0.3 is 9.47 Å². The molecule has 1 fully saturated rings. The van der Waals surface area contributed by atoms with E-state index >= 15 is 0 Å². The zero-order chi connectivity index (χ0) is 12.3. The van der Waals surface area contributed by atoms with E-state index in [9.17, 15) is 14.4 Å². The van der Waals surface area contributed by atoms with Gasteiger partial charge in [-0.2, -0.15) is 0 Å². The first-order valence-corrected chi connectivity index (χ1v) is 4.99. The van der Waals surface area contributed by atoms with Crippen LogP contribution in [0.15, 0.2) is 12.2 Å². The van der Waals surface area contributed by atoms with Crippen molar-refractivity contribution in [3.05, 3.63) is 12.2 Å². The van der Waals surface area contributed by atoms with Crippen LogP contribution in [-0.4, -0.2) is 24.5 Å². The molecule has 1 rings (SSSR count). The summed E-state index contributed by atoms with van der Waals surface area (Å²) >= 11 is 0. The van der Waals surface area contributed by atoms with Crippen LogP contribution in [0, 0.1) is 5.41 Å². The largest absolute Gasteiger partial charge is 0.461 e. The Kier molecular flexibility index (Phi) is 3.47. The van der Waals surface area contributed by atoms with Crippen molar-refractivity contribution in [3.63, 3.8) is 0 Å². The van der Waals surface area contributed by atoms with E-state index in [1.807, 2.05) is 0 Å². The second kappa shape index (κ2) is 4.47. The van der Waals surface area contributed by atoms with E-state index in [-0.39, 0.29) is 13.0 Å². The minimum Gasteiger partial charge on any atom is -0.461 e. The fourth-order valence-corrected chi connectivity index (χ4v) is 1.23. The Morgan fingerprint density at radius 1 is 1.56 bits per heavy atom. The van der Waals surface area contributed by atoms with Crippen LogP contribution in [0.3, 0.4) is 0 Å². The highest BCUT2D eigenvalue weighted by Gasteiger charge is 2.46. The van der Waals surface area contributed by atoms with Gasteiger partial charge in [0.05, 0.1) is 6.42 Å². The van der Waals surface area contributed by atoms with Gasteiger partial charge in [-0.15, -0.1) is 0 Å². The van der Waals surface area contributed by atoms with E-state index in [4.69, 9.17) is 4.74 Å². The quantitative estimate of drug-likeness (QED) is 0.406. The predicted molar refractivity (Wildman–Crippen MR) is 54.2 cm³/mol. The Morgan fingerprint density at radius 2 is 2.19 bits per heavy atom. The summed E-state index contributed by atoms with van der Waals surface area (Å²) in [5, 5.41) is 0. The van der Waals surface area contributed by atoms with E-state index in [1.165, 1.54) is 6.92 Å². The Labute approximate surface area is 93.4 Å². The third kappa shape index (κ3) is 2.48. The summed E-state index contributed by atoms with van der Waals surface area (Å²) < 4.78 is 9.31. The molecule has 1 heterocycles. The van der Waals surface area contributed by atoms with Crippen molar-refractivity contribution < 1.29 is 23.9 Å². The lowest BCUT2D eigenvalue weighted by Gasteiger charge is -2.17. The Morgan fingerprint density at radius 3 is 2.62 bits per heavy atom. The minimum absolute atomic E-state index is 0.0578. The standard InChI is InChI=1S/C11H14O5/c1-4-7(2)9(13)15-6-11(3)5-8(12)16-10(11)14/h2,4-6H2,1,3H3. The molecule has 88 valence electrons. The highest BCUT2D eigenvalue weighted by atomic mass is 16.6. The molecule has 16 heavy (non-hydrogen) atoms. The third-order valence-corrected chi connectivity index (χ3v) is 2.47. The summed E-state index contributed by atoms with van der Waals surface area (Å²) in [6.07, 6.45) is 0.427. The smallest absolute Gasteiger partial charge is 0.333 e. The monoisotopic (exact) mass is 226 g/mol. The van der Waals surface area contributed by atoms with Crippen molar-refractivity contribution in [3.8, 4) is 0 Å². The number of cyclic esters (lactones) is 2. The molecule has 1 atom stereocenters. The first-order valence-electron chi connectivity index (χ1n) is 4.99. The van der Waals surface area contributed by atoms with E-state index < -0.39 is 23.3 Å². The van der Waals surface area contributed by atoms with Crippen LogP contribution in [0.5, 0.6) is 0 Å². The number of hydrogen-bond acceptors (Lipinski definition) is 5. The zero-order valence-electron chi connectivity index (χ0n) is 9.37. The molecule has 0 aromatic rings. The van der Waals surface area contributed by atoms with Gasteiger partial charge in [0, 0.05) is 5.57 Å². The topological polar surface area (TPSA) is 69.7 Å². The number of carbonyl (C=O) groups is 3. The van der Waals surface area contributed by atoms with E-state index in [1.54, 1.807) is 6.92 Å². The van der Waals surface area contributed by atoms with Crippen molar-refractivity contribution >= 4 is 17.9 Å². The molecule has 0 radical (unpaired) electrons. The van der Waals surface area contributed by atoms with Gasteiger partial charge >= 0.3 is 17.9 Å². The van der Waals surface area contributed by atoms with Crippen LogP contribution in [0.2, 0.25) is 0 Å². The predicted octanol–water partition coefficient (Wildman–Crippen LogP) is 0.976. The molecule has 1 aliphatic rings. The lowest BCUT2D eigenvalue weighted by Crippen LogP contribution is -2.30. The van der Waals surface area contributed by atoms with Gasteiger partial charge in [-0.3, -0.25) is 9.59 Å². The number of esters is 3. The summed E-state index contributed by atoms with van der Waals surface area (Å²) in [7, 11) is 0. The zero-order valence-corrected chi connectivity index (χ0v) is 9.37. The Bertz CT molecular complexity index is 357. The summed E-state index contributed by atoms with van der Waals surface area (Å²) in [6, 6.07) is 0. The normalized spacial score (nSPS) is 24.1. The molecule has 0 saturated carbocycles. The maximum Gasteiger partial charge on any atom is 0.333 e. The summed E-state index contributed by atoms with van der Waals surface area (Å²) in [6.45, 7) is 6.67. The number of ether oxygens (including phenoxy) is 2.